The van der Waals surface area contributed by atoms with E-state index in [2.05, 4.69) is 0 Å². The van der Waals surface area contributed by atoms with Crippen LogP contribution in [0.2, 0.25) is 5.02 Å². The molecule has 2 rings (SSSR count). The molecule has 0 fully saturated rings. The van der Waals surface area contributed by atoms with E-state index < -0.39 is 11.7 Å². The third kappa shape index (κ3) is 1.52. The van der Waals surface area contributed by atoms with E-state index in [9.17, 15) is 9.59 Å². The molecule has 1 amide bonds. The maximum atomic E-state index is 11.5. The monoisotopic (exact) mass is 225 g/mol. The van der Waals surface area contributed by atoms with E-state index >= 15 is 0 Å². The van der Waals surface area contributed by atoms with E-state index in [1.165, 1.54) is 11.0 Å². The highest BCUT2D eigenvalue weighted by atomic mass is 35.5. The van der Waals surface area contributed by atoms with Gasteiger partial charge in [-0.25, -0.2) is 0 Å². The van der Waals surface area contributed by atoms with Crippen LogP contribution in [0.1, 0.15) is 10.4 Å². The SMILES string of the molecule is O=C1C(=O)N(CCO)c2cc(Cl)ccc21. The molecule has 0 bridgehead atoms. The van der Waals surface area contributed by atoms with Crippen molar-refractivity contribution in [3.63, 3.8) is 0 Å². The second kappa shape index (κ2) is 3.64. The Morgan fingerprint density at radius 3 is 2.73 bits per heavy atom. The first-order chi connectivity index (χ1) is 7.15. The molecule has 15 heavy (non-hydrogen) atoms. The van der Waals surface area contributed by atoms with Gasteiger partial charge in [-0.05, 0) is 18.2 Å². The Kier molecular flexibility index (Phi) is 2.46. The lowest BCUT2D eigenvalue weighted by molar-refractivity contribution is -0.114. The quantitative estimate of drug-likeness (QED) is 0.760. The van der Waals surface area contributed by atoms with Crippen LogP contribution in [0.3, 0.4) is 0 Å². The van der Waals surface area contributed by atoms with Crippen LogP contribution in [0.15, 0.2) is 18.2 Å². The van der Waals surface area contributed by atoms with Gasteiger partial charge in [0.05, 0.1) is 17.9 Å². The van der Waals surface area contributed by atoms with E-state index in [-0.39, 0.29) is 13.2 Å². The van der Waals surface area contributed by atoms with Crippen molar-refractivity contribution in [2.24, 2.45) is 0 Å². The number of Topliss-reactive ketones (excluding diaryl/α,β-unsaturated/α-hetero) is 1. The number of benzene rings is 1. The third-order valence-corrected chi connectivity index (χ3v) is 2.49. The molecule has 1 N–H and O–H groups in total. The van der Waals surface area contributed by atoms with Crippen LogP contribution in [-0.4, -0.2) is 29.9 Å². The fourth-order valence-electron chi connectivity index (χ4n) is 1.59. The number of ketones is 1. The lowest BCUT2D eigenvalue weighted by Gasteiger charge is -2.14. The summed E-state index contributed by atoms with van der Waals surface area (Å²) in [5.74, 6) is -1.16. The fourth-order valence-corrected chi connectivity index (χ4v) is 1.76. The zero-order chi connectivity index (χ0) is 11.0. The largest absolute Gasteiger partial charge is 0.395 e. The summed E-state index contributed by atoms with van der Waals surface area (Å²) in [6.45, 7) is -0.0805. The Morgan fingerprint density at radius 2 is 2.07 bits per heavy atom. The van der Waals surface area contributed by atoms with Crippen LogP contribution in [0.25, 0.3) is 0 Å². The van der Waals surface area contributed by atoms with Crippen molar-refractivity contribution in [1.29, 1.82) is 0 Å². The molecular formula is C10H8ClNO3. The predicted molar refractivity (Wildman–Crippen MR) is 55.2 cm³/mol. The number of β-amino-alcohol motifs (C(OH)–C–C–N with tert-alkyl or cyclic N) is 1. The van der Waals surface area contributed by atoms with Crippen molar-refractivity contribution in [2.45, 2.75) is 0 Å². The first kappa shape index (κ1) is 10.1. The van der Waals surface area contributed by atoms with Gasteiger partial charge in [0.2, 0.25) is 0 Å². The van der Waals surface area contributed by atoms with Crippen molar-refractivity contribution in [1.82, 2.24) is 0 Å². The summed E-state index contributed by atoms with van der Waals surface area (Å²) in [4.78, 5) is 24.2. The van der Waals surface area contributed by atoms with Gasteiger partial charge in [-0.3, -0.25) is 9.59 Å². The minimum absolute atomic E-state index is 0.109. The maximum Gasteiger partial charge on any atom is 0.299 e. The smallest absolute Gasteiger partial charge is 0.299 e. The number of fused-ring (bicyclic) bond motifs is 1. The lowest BCUT2D eigenvalue weighted by atomic mass is 10.1. The summed E-state index contributed by atoms with van der Waals surface area (Å²) in [6, 6.07) is 4.64. The predicted octanol–water partition coefficient (Wildman–Crippen LogP) is 0.862. The summed E-state index contributed by atoms with van der Waals surface area (Å²) in [7, 11) is 0. The number of rotatable bonds is 2. The van der Waals surface area contributed by atoms with Gasteiger partial charge in [0.25, 0.3) is 11.7 Å². The van der Waals surface area contributed by atoms with Gasteiger partial charge < -0.3 is 10.0 Å². The summed E-state index contributed by atoms with van der Waals surface area (Å²) in [6.07, 6.45) is 0. The molecule has 1 aromatic carbocycles. The van der Waals surface area contributed by atoms with Crippen LogP contribution in [-0.2, 0) is 4.79 Å². The number of aliphatic hydroxyl groups is 1. The number of halogens is 1. The van der Waals surface area contributed by atoms with Gasteiger partial charge in [0.15, 0.2) is 0 Å². The Balaban J connectivity index is 2.51. The number of carbonyl (C=O) groups excluding carboxylic acids is 2. The van der Waals surface area contributed by atoms with E-state index in [0.29, 0.717) is 16.3 Å². The number of aliphatic hydroxyl groups excluding tert-OH is 1. The van der Waals surface area contributed by atoms with Gasteiger partial charge in [0.1, 0.15) is 0 Å². The summed E-state index contributed by atoms with van der Waals surface area (Å²) in [5, 5.41) is 9.24. The number of amides is 1. The number of hydrogen-bond donors (Lipinski definition) is 1. The van der Waals surface area contributed by atoms with Crippen LogP contribution < -0.4 is 4.90 Å². The molecule has 1 heterocycles. The molecule has 0 radical (unpaired) electrons. The standard InChI is InChI=1S/C10H8ClNO3/c11-6-1-2-7-8(5-6)12(3-4-13)10(15)9(7)14/h1-2,5,13H,3-4H2. The maximum absolute atomic E-state index is 11.5. The normalized spacial score (nSPS) is 14.7. The molecule has 0 aliphatic carbocycles. The highest BCUT2D eigenvalue weighted by molar-refractivity contribution is 6.52. The van der Waals surface area contributed by atoms with Crippen molar-refractivity contribution in [2.75, 3.05) is 18.1 Å². The van der Waals surface area contributed by atoms with Crippen molar-refractivity contribution < 1.29 is 14.7 Å². The molecule has 1 aromatic rings. The van der Waals surface area contributed by atoms with Crippen molar-refractivity contribution in [3.05, 3.63) is 28.8 Å². The lowest BCUT2D eigenvalue weighted by Crippen LogP contribution is -2.32. The van der Waals surface area contributed by atoms with E-state index in [4.69, 9.17) is 16.7 Å². The van der Waals surface area contributed by atoms with Gasteiger partial charge in [0, 0.05) is 11.6 Å². The molecular weight excluding hydrogens is 218 g/mol. The second-order valence-corrected chi connectivity index (χ2v) is 3.61. The molecule has 4 nitrogen and oxygen atoms in total. The fraction of sp³-hybridized carbons (Fsp3) is 0.200. The third-order valence-electron chi connectivity index (χ3n) is 2.26. The average molecular weight is 226 g/mol. The van der Waals surface area contributed by atoms with Gasteiger partial charge in [-0.1, -0.05) is 11.6 Å². The van der Waals surface area contributed by atoms with Crippen molar-refractivity contribution in [3.8, 4) is 0 Å². The minimum Gasteiger partial charge on any atom is -0.395 e. The zero-order valence-electron chi connectivity index (χ0n) is 7.74. The molecule has 5 heteroatoms. The zero-order valence-corrected chi connectivity index (χ0v) is 8.49. The molecule has 0 atom stereocenters. The van der Waals surface area contributed by atoms with Crippen LogP contribution >= 0.6 is 11.6 Å². The molecule has 0 unspecified atom stereocenters. The second-order valence-electron chi connectivity index (χ2n) is 3.17. The molecule has 0 saturated heterocycles. The Labute approximate surface area is 91.1 Å². The first-order valence-corrected chi connectivity index (χ1v) is 4.79. The van der Waals surface area contributed by atoms with Gasteiger partial charge in [-0.2, -0.15) is 0 Å². The molecule has 0 saturated carbocycles. The molecule has 78 valence electrons. The topological polar surface area (TPSA) is 57.6 Å². The van der Waals surface area contributed by atoms with Crippen molar-refractivity contribution >= 4 is 29.0 Å². The molecule has 0 spiro atoms. The van der Waals surface area contributed by atoms with Gasteiger partial charge >= 0.3 is 0 Å². The number of nitrogens with zero attached hydrogens (tertiary/aromatic N) is 1. The minimum atomic E-state index is -0.610. The summed E-state index contributed by atoms with van der Waals surface area (Å²) < 4.78 is 0. The van der Waals surface area contributed by atoms with E-state index in [0.717, 1.165) is 0 Å². The van der Waals surface area contributed by atoms with Crippen LogP contribution in [0.5, 0.6) is 0 Å². The Bertz CT molecular complexity index is 444. The summed E-state index contributed by atoms with van der Waals surface area (Å²) in [5.41, 5.74) is 0.824. The number of carbonyl (C=O) groups is 2. The van der Waals surface area contributed by atoms with Crippen LogP contribution in [0, 0.1) is 0 Å². The molecule has 1 aliphatic heterocycles. The Hall–Kier alpha value is -1.39. The number of hydrogen-bond acceptors (Lipinski definition) is 3. The number of anilines is 1. The highest BCUT2D eigenvalue weighted by Gasteiger charge is 2.35. The summed E-state index contributed by atoms with van der Waals surface area (Å²) >= 11 is 5.77. The van der Waals surface area contributed by atoms with Crippen LogP contribution in [0.4, 0.5) is 5.69 Å². The highest BCUT2D eigenvalue weighted by Crippen LogP contribution is 2.31. The first-order valence-electron chi connectivity index (χ1n) is 4.41. The van der Waals surface area contributed by atoms with E-state index in [1.807, 2.05) is 0 Å². The van der Waals surface area contributed by atoms with E-state index in [1.54, 1.807) is 12.1 Å². The average Bonchev–Trinajstić information content (AvgIpc) is 2.44. The molecule has 0 aromatic heterocycles. The Morgan fingerprint density at radius 1 is 1.33 bits per heavy atom. The molecule has 1 aliphatic rings. The van der Waals surface area contributed by atoms with Gasteiger partial charge in [-0.15, -0.1) is 0 Å².